The van der Waals surface area contributed by atoms with Crippen LogP contribution in [0.15, 0.2) is 24.3 Å². The average Bonchev–Trinajstić information content (AvgIpc) is 2.28. The molecule has 1 rings (SSSR count). The first-order valence-electron chi connectivity index (χ1n) is 5.58. The minimum atomic E-state index is 0. The summed E-state index contributed by atoms with van der Waals surface area (Å²) in [4.78, 5) is 13.6. The Morgan fingerprint density at radius 3 is 2.59 bits per heavy atom. The standard InChI is InChI=1S/C13H20N2O.ClH/c1-11-6-4-5-7-12(11)10-13(16)15(3)9-8-14-2;/h4-7,14H,8-10H2,1-3H3;1H. The number of likely N-dealkylation sites (N-methyl/N-ethyl adjacent to an activating group) is 2. The van der Waals surface area contributed by atoms with Crippen LogP contribution < -0.4 is 5.32 Å². The summed E-state index contributed by atoms with van der Waals surface area (Å²) < 4.78 is 0. The number of carbonyl (C=O) groups is 1. The maximum absolute atomic E-state index is 11.9. The Kier molecular flexibility index (Phi) is 7.59. The molecule has 0 aromatic heterocycles. The summed E-state index contributed by atoms with van der Waals surface area (Å²) in [6, 6.07) is 8.02. The highest BCUT2D eigenvalue weighted by Gasteiger charge is 2.09. The highest BCUT2D eigenvalue weighted by molar-refractivity contribution is 5.85. The molecule has 0 saturated carbocycles. The van der Waals surface area contributed by atoms with Gasteiger partial charge in [-0.1, -0.05) is 24.3 Å². The molecule has 0 fully saturated rings. The van der Waals surface area contributed by atoms with Gasteiger partial charge in [-0.3, -0.25) is 4.79 Å². The third-order valence-corrected chi connectivity index (χ3v) is 2.73. The zero-order chi connectivity index (χ0) is 12.0. The molecule has 4 heteroatoms. The molecule has 0 saturated heterocycles. The van der Waals surface area contributed by atoms with Gasteiger partial charge in [-0.05, 0) is 25.1 Å². The molecule has 0 aliphatic rings. The van der Waals surface area contributed by atoms with Gasteiger partial charge in [0.1, 0.15) is 0 Å². The second-order valence-electron chi connectivity index (χ2n) is 4.02. The van der Waals surface area contributed by atoms with Gasteiger partial charge in [-0.15, -0.1) is 12.4 Å². The molecule has 17 heavy (non-hydrogen) atoms. The molecule has 1 aromatic carbocycles. The van der Waals surface area contributed by atoms with Crippen LogP contribution in [-0.2, 0) is 11.2 Å². The van der Waals surface area contributed by atoms with Crippen LogP contribution in [-0.4, -0.2) is 38.0 Å². The SMILES string of the molecule is CNCCN(C)C(=O)Cc1ccccc1C.Cl. The molecule has 0 heterocycles. The lowest BCUT2D eigenvalue weighted by molar-refractivity contribution is -0.129. The second-order valence-corrected chi connectivity index (χ2v) is 4.02. The van der Waals surface area contributed by atoms with Gasteiger partial charge < -0.3 is 10.2 Å². The first kappa shape index (κ1) is 15.9. The van der Waals surface area contributed by atoms with Crippen molar-refractivity contribution in [3.63, 3.8) is 0 Å². The van der Waals surface area contributed by atoms with Gasteiger partial charge in [-0.25, -0.2) is 0 Å². The normalized spacial score (nSPS) is 9.59. The fourth-order valence-corrected chi connectivity index (χ4v) is 1.51. The van der Waals surface area contributed by atoms with E-state index in [1.807, 2.05) is 45.3 Å². The first-order chi connectivity index (χ1) is 7.65. The van der Waals surface area contributed by atoms with Crippen molar-refractivity contribution in [1.82, 2.24) is 10.2 Å². The quantitative estimate of drug-likeness (QED) is 0.869. The topological polar surface area (TPSA) is 32.3 Å². The number of nitrogens with zero attached hydrogens (tertiary/aromatic N) is 1. The summed E-state index contributed by atoms with van der Waals surface area (Å²) in [7, 11) is 3.73. The number of hydrogen-bond donors (Lipinski definition) is 1. The van der Waals surface area contributed by atoms with E-state index >= 15 is 0 Å². The Morgan fingerprint density at radius 1 is 1.35 bits per heavy atom. The molecule has 0 aliphatic carbocycles. The van der Waals surface area contributed by atoms with Crippen molar-refractivity contribution in [3.05, 3.63) is 35.4 Å². The number of hydrogen-bond acceptors (Lipinski definition) is 2. The maximum atomic E-state index is 11.9. The van der Waals surface area contributed by atoms with Crippen LogP contribution in [0.2, 0.25) is 0 Å². The highest BCUT2D eigenvalue weighted by atomic mass is 35.5. The zero-order valence-corrected chi connectivity index (χ0v) is 11.5. The highest BCUT2D eigenvalue weighted by Crippen LogP contribution is 2.08. The van der Waals surface area contributed by atoms with Gasteiger partial charge in [-0.2, -0.15) is 0 Å². The van der Waals surface area contributed by atoms with Crippen LogP contribution in [0.5, 0.6) is 0 Å². The predicted molar refractivity (Wildman–Crippen MR) is 73.7 cm³/mol. The molecule has 3 nitrogen and oxygen atoms in total. The molecule has 0 atom stereocenters. The molecule has 0 spiro atoms. The third-order valence-electron chi connectivity index (χ3n) is 2.73. The molecule has 0 aliphatic heterocycles. The van der Waals surface area contributed by atoms with Crippen molar-refractivity contribution in [3.8, 4) is 0 Å². The summed E-state index contributed by atoms with van der Waals surface area (Å²) in [5, 5.41) is 3.03. The molecular weight excluding hydrogens is 236 g/mol. The van der Waals surface area contributed by atoms with Crippen LogP contribution in [0.4, 0.5) is 0 Å². The summed E-state index contributed by atoms with van der Waals surface area (Å²) in [6.07, 6.45) is 0.493. The number of nitrogens with one attached hydrogen (secondary N) is 1. The lowest BCUT2D eigenvalue weighted by Crippen LogP contribution is -2.33. The van der Waals surface area contributed by atoms with Crippen molar-refractivity contribution in [2.24, 2.45) is 0 Å². The molecule has 1 aromatic rings. The summed E-state index contributed by atoms with van der Waals surface area (Å²) in [5.74, 6) is 0.171. The van der Waals surface area contributed by atoms with Crippen molar-refractivity contribution in [2.75, 3.05) is 27.2 Å². The Morgan fingerprint density at radius 2 is 2.00 bits per heavy atom. The fourth-order valence-electron chi connectivity index (χ4n) is 1.51. The smallest absolute Gasteiger partial charge is 0.226 e. The van der Waals surface area contributed by atoms with Crippen LogP contribution >= 0.6 is 12.4 Å². The Hall–Kier alpha value is -1.06. The number of benzene rings is 1. The Labute approximate surface area is 110 Å². The van der Waals surface area contributed by atoms with Gasteiger partial charge >= 0.3 is 0 Å². The third kappa shape index (κ3) is 5.20. The molecule has 96 valence electrons. The number of aryl methyl sites for hydroxylation is 1. The van der Waals surface area contributed by atoms with Crippen LogP contribution in [0.1, 0.15) is 11.1 Å². The largest absolute Gasteiger partial charge is 0.344 e. The van der Waals surface area contributed by atoms with E-state index in [1.165, 1.54) is 5.56 Å². The molecule has 0 bridgehead atoms. The van der Waals surface area contributed by atoms with E-state index in [0.717, 1.165) is 18.7 Å². The van der Waals surface area contributed by atoms with Gasteiger partial charge in [0, 0.05) is 20.1 Å². The average molecular weight is 257 g/mol. The van der Waals surface area contributed by atoms with Crippen molar-refractivity contribution < 1.29 is 4.79 Å². The Bertz CT molecular complexity index is 355. The Balaban J connectivity index is 0.00000256. The summed E-state index contributed by atoms with van der Waals surface area (Å²) in [6.45, 7) is 3.62. The minimum Gasteiger partial charge on any atom is -0.344 e. The predicted octanol–water partition coefficient (Wildman–Crippen LogP) is 1.64. The van der Waals surface area contributed by atoms with Gasteiger partial charge in [0.2, 0.25) is 5.91 Å². The van der Waals surface area contributed by atoms with Gasteiger partial charge in [0.15, 0.2) is 0 Å². The summed E-state index contributed by atoms with van der Waals surface area (Å²) >= 11 is 0. The van der Waals surface area contributed by atoms with E-state index in [4.69, 9.17) is 0 Å². The molecule has 0 unspecified atom stereocenters. The fraction of sp³-hybridized carbons (Fsp3) is 0.462. The van der Waals surface area contributed by atoms with Crippen molar-refractivity contribution in [1.29, 1.82) is 0 Å². The van der Waals surface area contributed by atoms with E-state index in [2.05, 4.69) is 5.32 Å². The number of carbonyl (C=O) groups excluding carboxylic acids is 1. The van der Waals surface area contributed by atoms with Crippen LogP contribution in [0, 0.1) is 6.92 Å². The second kappa shape index (κ2) is 8.09. The lowest BCUT2D eigenvalue weighted by Gasteiger charge is -2.17. The van der Waals surface area contributed by atoms with E-state index < -0.39 is 0 Å². The van der Waals surface area contributed by atoms with Crippen molar-refractivity contribution in [2.45, 2.75) is 13.3 Å². The summed E-state index contributed by atoms with van der Waals surface area (Å²) in [5.41, 5.74) is 2.29. The van der Waals surface area contributed by atoms with E-state index in [-0.39, 0.29) is 18.3 Å². The number of rotatable bonds is 5. The van der Waals surface area contributed by atoms with Crippen LogP contribution in [0.25, 0.3) is 0 Å². The first-order valence-corrected chi connectivity index (χ1v) is 5.58. The molecular formula is C13H21ClN2O. The molecule has 1 N–H and O–H groups in total. The van der Waals surface area contributed by atoms with E-state index in [0.29, 0.717) is 6.42 Å². The zero-order valence-electron chi connectivity index (χ0n) is 10.7. The number of amides is 1. The molecule has 0 radical (unpaired) electrons. The maximum Gasteiger partial charge on any atom is 0.226 e. The van der Waals surface area contributed by atoms with E-state index in [9.17, 15) is 4.79 Å². The lowest BCUT2D eigenvalue weighted by atomic mass is 10.1. The van der Waals surface area contributed by atoms with Gasteiger partial charge in [0.25, 0.3) is 0 Å². The van der Waals surface area contributed by atoms with E-state index in [1.54, 1.807) is 4.90 Å². The monoisotopic (exact) mass is 256 g/mol. The number of halogens is 1. The van der Waals surface area contributed by atoms with Crippen molar-refractivity contribution >= 4 is 18.3 Å². The van der Waals surface area contributed by atoms with Gasteiger partial charge in [0.05, 0.1) is 6.42 Å². The molecule has 1 amide bonds. The minimum absolute atomic E-state index is 0. The van der Waals surface area contributed by atoms with Crippen LogP contribution in [0.3, 0.4) is 0 Å².